The molecule has 0 aliphatic carbocycles. The van der Waals surface area contributed by atoms with Gasteiger partial charge in [-0.3, -0.25) is 0 Å². The smallest absolute Gasteiger partial charge is 0.0348 e. The molecule has 5 aromatic rings. The fourth-order valence-electron chi connectivity index (χ4n) is 3.98. The minimum Gasteiger partial charge on any atom is -0.144 e. The van der Waals surface area contributed by atoms with Gasteiger partial charge in [-0.15, -0.1) is 22.7 Å². The van der Waals surface area contributed by atoms with Gasteiger partial charge in [-0.2, -0.15) is 0 Å². The van der Waals surface area contributed by atoms with E-state index < -0.39 is 0 Å². The molecule has 0 bridgehead atoms. The van der Waals surface area contributed by atoms with Crippen LogP contribution in [0.25, 0.3) is 45.2 Å². The number of hydrogen-bond donors (Lipinski definition) is 0. The van der Waals surface area contributed by atoms with E-state index in [0.717, 1.165) is 0 Å². The molecule has 0 fully saturated rings. The average Bonchev–Trinajstić information content (AvgIpc) is 3.66. The van der Waals surface area contributed by atoms with Crippen LogP contribution in [0.3, 0.4) is 0 Å². The first kappa shape index (κ1) is 23.7. The lowest BCUT2D eigenvalue weighted by molar-refractivity contribution is 1.61. The zero-order chi connectivity index (χ0) is 24.4. The van der Waals surface area contributed by atoms with Gasteiger partial charge in [-0.1, -0.05) is 121 Å². The van der Waals surface area contributed by atoms with Gasteiger partial charge in [0.1, 0.15) is 0 Å². The highest BCUT2D eigenvalue weighted by Gasteiger charge is 2.12. The van der Waals surface area contributed by atoms with Crippen molar-refractivity contribution in [1.29, 1.82) is 0 Å². The molecule has 2 aromatic heterocycles. The number of rotatable bonds is 8. The zero-order valence-electron chi connectivity index (χ0n) is 19.8. The van der Waals surface area contributed by atoms with Crippen molar-refractivity contribution in [2.75, 3.05) is 0 Å². The Bertz CT molecular complexity index is 1370. The second-order valence-electron chi connectivity index (χ2n) is 8.24. The summed E-state index contributed by atoms with van der Waals surface area (Å²) in [6.07, 6.45) is 17.2. The monoisotopic (exact) mass is 498 g/mol. The van der Waals surface area contributed by atoms with Gasteiger partial charge in [-0.05, 0) is 68.4 Å². The molecule has 0 atom stereocenters. The van der Waals surface area contributed by atoms with Crippen molar-refractivity contribution < 1.29 is 0 Å². The van der Waals surface area contributed by atoms with Gasteiger partial charge in [0.15, 0.2) is 0 Å². The van der Waals surface area contributed by atoms with E-state index in [9.17, 15) is 0 Å². The Balaban J connectivity index is 1.52. The van der Waals surface area contributed by atoms with Crippen LogP contribution in [-0.2, 0) is 0 Å². The molecular weight excluding hydrogens is 473 g/mol. The Kier molecular flexibility index (Phi) is 8.00. The average molecular weight is 499 g/mol. The lowest BCUT2D eigenvalue weighted by Crippen LogP contribution is -1.88. The fraction of sp³-hybridized carbons (Fsp3) is 0. The minimum atomic E-state index is 1.20. The Hall–Kier alpha value is -3.98. The SMILES string of the molecule is C(/C=C/c1cc(-c2cccs2)c(/C=C/C=C/c2ccccc2)cc1-c1cccs1)=C\c1ccccc1. The maximum atomic E-state index is 2.33. The molecule has 0 N–H and O–H groups in total. The standard InChI is InChI=1S/C34H26S2/c1-3-13-27(14-4-1)17-7-9-19-29-25-32(34-22-12-24-36-34)30(26-31(29)33-21-11-23-35-33)20-10-8-18-28-15-5-2-6-16-28/h1-26H/b17-7+,18-8+,19-9+,20-10+. The summed E-state index contributed by atoms with van der Waals surface area (Å²) < 4.78 is 0. The second-order valence-corrected chi connectivity index (χ2v) is 10.1. The summed E-state index contributed by atoms with van der Waals surface area (Å²) in [6, 6.07) is 34.1. The second kappa shape index (κ2) is 12.1. The van der Waals surface area contributed by atoms with Crippen molar-refractivity contribution in [2.45, 2.75) is 0 Å². The molecule has 5 rings (SSSR count). The van der Waals surface area contributed by atoms with Crippen LogP contribution in [0, 0.1) is 0 Å². The molecule has 0 saturated heterocycles. The van der Waals surface area contributed by atoms with Crippen molar-refractivity contribution >= 4 is 47.0 Å². The molecule has 0 saturated carbocycles. The van der Waals surface area contributed by atoms with E-state index in [-0.39, 0.29) is 0 Å². The third kappa shape index (κ3) is 6.17. The van der Waals surface area contributed by atoms with Gasteiger partial charge in [0.25, 0.3) is 0 Å². The molecule has 0 radical (unpaired) electrons. The Morgan fingerprint density at radius 1 is 0.417 bits per heavy atom. The van der Waals surface area contributed by atoms with E-state index in [2.05, 4.69) is 144 Å². The van der Waals surface area contributed by atoms with Crippen molar-refractivity contribution in [3.63, 3.8) is 0 Å². The van der Waals surface area contributed by atoms with Gasteiger partial charge in [0, 0.05) is 9.75 Å². The van der Waals surface area contributed by atoms with Crippen LogP contribution in [0.5, 0.6) is 0 Å². The molecule has 0 aliphatic rings. The molecule has 2 heterocycles. The third-order valence-electron chi connectivity index (χ3n) is 5.75. The summed E-state index contributed by atoms with van der Waals surface area (Å²) in [7, 11) is 0. The first-order valence-electron chi connectivity index (χ1n) is 11.9. The van der Waals surface area contributed by atoms with E-state index in [1.54, 1.807) is 22.7 Å². The molecule has 0 amide bonds. The van der Waals surface area contributed by atoms with Crippen LogP contribution in [0.4, 0.5) is 0 Å². The van der Waals surface area contributed by atoms with Gasteiger partial charge >= 0.3 is 0 Å². The molecule has 174 valence electrons. The first-order valence-corrected chi connectivity index (χ1v) is 13.7. The van der Waals surface area contributed by atoms with Crippen molar-refractivity contribution in [2.24, 2.45) is 0 Å². The van der Waals surface area contributed by atoms with Gasteiger partial charge in [0.2, 0.25) is 0 Å². The van der Waals surface area contributed by atoms with Gasteiger partial charge in [0.05, 0.1) is 0 Å². The molecule has 2 heteroatoms. The summed E-state index contributed by atoms with van der Waals surface area (Å²) in [5, 5.41) is 4.28. The largest absolute Gasteiger partial charge is 0.144 e. The van der Waals surface area contributed by atoms with E-state index in [1.807, 2.05) is 12.1 Å². The lowest BCUT2D eigenvalue weighted by Gasteiger charge is -2.11. The van der Waals surface area contributed by atoms with Crippen LogP contribution >= 0.6 is 22.7 Å². The summed E-state index contributed by atoms with van der Waals surface area (Å²) in [4.78, 5) is 2.54. The predicted molar refractivity (Wildman–Crippen MR) is 162 cm³/mol. The van der Waals surface area contributed by atoms with Crippen molar-refractivity contribution in [1.82, 2.24) is 0 Å². The molecular formula is C34H26S2. The Morgan fingerprint density at radius 2 is 0.833 bits per heavy atom. The van der Waals surface area contributed by atoms with E-state index in [0.29, 0.717) is 0 Å². The summed E-state index contributed by atoms with van der Waals surface area (Å²) in [5.41, 5.74) is 7.33. The van der Waals surface area contributed by atoms with Crippen LogP contribution in [0.15, 0.2) is 132 Å². The highest BCUT2D eigenvalue weighted by atomic mass is 32.1. The number of thiophene rings is 2. The van der Waals surface area contributed by atoms with E-state index >= 15 is 0 Å². The maximum Gasteiger partial charge on any atom is 0.0348 e. The highest BCUT2D eigenvalue weighted by molar-refractivity contribution is 7.14. The van der Waals surface area contributed by atoms with Crippen molar-refractivity contribution in [3.05, 3.63) is 154 Å². The maximum absolute atomic E-state index is 2.33. The Labute approximate surface area is 221 Å². The lowest BCUT2D eigenvalue weighted by atomic mass is 9.95. The van der Waals surface area contributed by atoms with Crippen LogP contribution in [0.1, 0.15) is 22.3 Å². The number of benzene rings is 3. The molecule has 0 aliphatic heterocycles. The quantitative estimate of drug-likeness (QED) is 0.187. The summed E-state index contributed by atoms with van der Waals surface area (Å²) in [5.74, 6) is 0. The first-order chi connectivity index (χ1) is 17.9. The fourth-order valence-corrected chi connectivity index (χ4v) is 5.51. The molecule has 36 heavy (non-hydrogen) atoms. The summed E-state index contributed by atoms with van der Waals surface area (Å²) in [6.45, 7) is 0. The normalized spacial score (nSPS) is 12.0. The third-order valence-corrected chi connectivity index (χ3v) is 7.55. The highest BCUT2D eigenvalue weighted by Crippen LogP contribution is 2.37. The topological polar surface area (TPSA) is 0 Å². The van der Waals surface area contributed by atoms with Crippen molar-refractivity contribution in [3.8, 4) is 20.9 Å². The van der Waals surface area contributed by atoms with Gasteiger partial charge in [-0.25, -0.2) is 0 Å². The molecule has 0 unspecified atom stereocenters. The predicted octanol–water partition coefficient (Wildman–Crippen LogP) is 10.6. The Morgan fingerprint density at radius 3 is 1.22 bits per heavy atom. The summed E-state index contributed by atoms with van der Waals surface area (Å²) >= 11 is 3.55. The van der Waals surface area contributed by atoms with E-state index in [4.69, 9.17) is 0 Å². The molecule has 0 spiro atoms. The van der Waals surface area contributed by atoms with Gasteiger partial charge < -0.3 is 0 Å². The van der Waals surface area contributed by atoms with Crippen LogP contribution in [0.2, 0.25) is 0 Å². The minimum absolute atomic E-state index is 1.20. The van der Waals surface area contributed by atoms with E-state index in [1.165, 1.54) is 43.1 Å². The number of allylic oxidation sites excluding steroid dienone is 4. The molecule has 0 nitrogen and oxygen atoms in total. The van der Waals surface area contributed by atoms with Crippen LogP contribution < -0.4 is 0 Å². The van der Waals surface area contributed by atoms with Crippen LogP contribution in [-0.4, -0.2) is 0 Å². The zero-order valence-corrected chi connectivity index (χ0v) is 21.5. The number of hydrogen-bond acceptors (Lipinski definition) is 2. The molecule has 3 aromatic carbocycles.